The molecule has 0 radical (unpaired) electrons. The number of nitro benzene ring substituents is 1. The van der Waals surface area contributed by atoms with Gasteiger partial charge in [-0.05, 0) is 36.4 Å². The fraction of sp³-hybridized carbons (Fsp3) is 0.0588. The Morgan fingerprint density at radius 1 is 1.12 bits per heavy atom. The highest BCUT2D eigenvalue weighted by Crippen LogP contribution is 2.19. The number of ether oxygens (including phenoxy) is 1. The van der Waals surface area contributed by atoms with Crippen molar-refractivity contribution in [3.63, 3.8) is 0 Å². The van der Waals surface area contributed by atoms with E-state index in [1.54, 1.807) is 36.7 Å². The number of furan rings is 1. The van der Waals surface area contributed by atoms with Crippen LogP contribution in [-0.4, -0.2) is 15.8 Å². The summed E-state index contributed by atoms with van der Waals surface area (Å²) in [6.45, 7) is 0.0976. The molecule has 25 heavy (non-hydrogen) atoms. The molecule has 0 saturated heterocycles. The second kappa shape index (κ2) is 7.26. The standard InChI is InChI=1S/C17H13N3O5/c21-17(19-12-7-9-18-10-8-12)16-6-5-15(25-16)11-24-14-3-1-13(2-4-14)20(22)23/h1-10H,11H2,(H,18,19,21). The van der Waals surface area contributed by atoms with Crippen LogP contribution in [0, 0.1) is 10.1 Å². The average Bonchev–Trinajstić information content (AvgIpc) is 3.10. The zero-order valence-electron chi connectivity index (χ0n) is 12.9. The Morgan fingerprint density at radius 2 is 1.84 bits per heavy atom. The molecule has 0 aliphatic rings. The maximum atomic E-state index is 12.1. The fourth-order valence-corrected chi connectivity index (χ4v) is 2.02. The van der Waals surface area contributed by atoms with Gasteiger partial charge in [0.2, 0.25) is 0 Å². The molecule has 8 nitrogen and oxygen atoms in total. The van der Waals surface area contributed by atoms with Gasteiger partial charge >= 0.3 is 0 Å². The number of benzene rings is 1. The Morgan fingerprint density at radius 3 is 2.52 bits per heavy atom. The van der Waals surface area contributed by atoms with Crippen molar-refractivity contribution in [2.45, 2.75) is 6.61 Å². The van der Waals surface area contributed by atoms with E-state index in [1.807, 2.05) is 0 Å². The molecule has 0 aliphatic heterocycles. The van der Waals surface area contributed by atoms with Crippen LogP contribution < -0.4 is 10.1 Å². The normalized spacial score (nSPS) is 10.2. The van der Waals surface area contributed by atoms with E-state index in [4.69, 9.17) is 9.15 Å². The third-order valence-corrected chi connectivity index (χ3v) is 3.25. The molecule has 0 saturated carbocycles. The van der Waals surface area contributed by atoms with Crippen LogP contribution in [0.25, 0.3) is 0 Å². The number of carbonyl (C=O) groups is 1. The SMILES string of the molecule is O=C(Nc1ccncc1)c1ccc(COc2ccc([N+](=O)[O-])cc2)o1. The Hall–Kier alpha value is -3.68. The third kappa shape index (κ3) is 4.20. The van der Waals surface area contributed by atoms with Gasteiger partial charge < -0.3 is 14.5 Å². The summed E-state index contributed by atoms with van der Waals surface area (Å²) in [4.78, 5) is 26.1. The third-order valence-electron chi connectivity index (χ3n) is 3.25. The first-order chi connectivity index (χ1) is 12.1. The van der Waals surface area contributed by atoms with E-state index >= 15 is 0 Å². The number of rotatable bonds is 6. The lowest BCUT2D eigenvalue weighted by Gasteiger charge is -2.04. The van der Waals surface area contributed by atoms with Crippen molar-refractivity contribution in [3.8, 4) is 5.75 Å². The van der Waals surface area contributed by atoms with Crippen LogP contribution in [0.15, 0.2) is 65.3 Å². The van der Waals surface area contributed by atoms with Crippen LogP contribution in [-0.2, 0) is 6.61 Å². The average molecular weight is 339 g/mol. The molecular weight excluding hydrogens is 326 g/mol. The van der Waals surface area contributed by atoms with E-state index in [2.05, 4.69) is 10.3 Å². The summed E-state index contributed by atoms with van der Waals surface area (Å²) in [7, 11) is 0. The van der Waals surface area contributed by atoms with Crippen molar-refractivity contribution in [2.75, 3.05) is 5.32 Å². The first kappa shape index (κ1) is 16.2. The molecular formula is C17H13N3O5. The van der Waals surface area contributed by atoms with E-state index in [9.17, 15) is 14.9 Å². The topological polar surface area (TPSA) is 108 Å². The minimum atomic E-state index is -0.482. The number of anilines is 1. The number of aromatic nitrogens is 1. The minimum Gasteiger partial charge on any atom is -0.486 e. The zero-order valence-corrected chi connectivity index (χ0v) is 12.9. The highest BCUT2D eigenvalue weighted by molar-refractivity contribution is 6.02. The summed E-state index contributed by atoms with van der Waals surface area (Å²) >= 11 is 0. The maximum Gasteiger partial charge on any atom is 0.291 e. The molecule has 0 spiro atoms. The largest absolute Gasteiger partial charge is 0.486 e. The van der Waals surface area contributed by atoms with Crippen molar-refractivity contribution in [1.82, 2.24) is 4.98 Å². The number of nitrogens with one attached hydrogen (secondary N) is 1. The lowest BCUT2D eigenvalue weighted by molar-refractivity contribution is -0.384. The highest BCUT2D eigenvalue weighted by atomic mass is 16.6. The fourth-order valence-electron chi connectivity index (χ4n) is 2.02. The van der Waals surface area contributed by atoms with Crippen LogP contribution in [0.5, 0.6) is 5.75 Å². The molecule has 0 atom stereocenters. The van der Waals surface area contributed by atoms with Gasteiger partial charge in [0.1, 0.15) is 18.1 Å². The summed E-state index contributed by atoms with van der Waals surface area (Å²) in [6.07, 6.45) is 3.14. The van der Waals surface area contributed by atoms with Gasteiger partial charge in [-0.1, -0.05) is 0 Å². The van der Waals surface area contributed by atoms with E-state index in [0.29, 0.717) is 17.2 Å². The number of hydrogen-bond donors (Lipinski definition) is 1. The van der Waals surface area contributed by atoms with Gasteiger partial charge in [-0.2, -0.15) is 0 Å². The van der Waals surface area contributed by atoms with Crippen molar-refractivity contribution >= 4 is 17.3 Å². The first-order valence-electron chi connectivity index (χ1n) is 7.29. The molecule has 1 N–H and O–H groups in total. The van der Waals surface area contributed by atoms with E-state index in [0.717, 1.165) is 0 Å². The van der Waals surface area contributed by atoms with Gasteiger partial charge in [0.15, 0.2) is 5.76 Å². The summed E-state index contributed by atoms with van der Waals surface area (Å²) in [5, 5.41) is 13.3. The molecule has 3 rings (SSSR count). The van der Waals surface area contributed by atoms with Crippen LogP contribution in [0.3, 0.4) is 0 Å². The van der Waals surface area contributed by atoms with Crippen molar-refractivity contribution in [3.05, 3.63) is 82.6 Å². The van der Waals surface area contributed by atoms with Crippen LogP contribution in [0.1, 0.15) is 16.3 Å². The minimum absolute atomic E-state index is 0.0135. The Balaban J connectivity index is 1.58. The van der Waals surface area contributed by atoms with Gasteiger partial charge in [0.25, 0.3) is 11.6 Å². The van der Waals surface area contributed by atoms with Crippen molar-refractivity contribution in [1.29, 1.82) is 0 Å². The molecule has 3 aromatic rings. The number of hydrogen-bond acceptors (Lipinski definition) is 6. The maximum absolute atomic E-state index is 12.1. The molecule has 0 bridgehead atoms. The van der Waals surface area contributed by atoms with Crippen LogP contribution in [0.2, 0.25) is 0 Å². The second-order valence-electron chi connectivity index (χ2n) is 5.00. The van der Waals surface area contributed by atoms with Crippen molar-refractivity contribution in [2.24, 2.45) is 0 Å². The Kier molecular flexibility index (Phi) is 4.70. The summed E-state index contributed by atoms with van der Waals surface area (Å²) in [5.41, 5.74) is 0.598. The Labute approximate surface area is 142 Å². The smallest absolute Gasteiger partial charge is 0.291 e. The first-order valence-corrected chi connectivity index (χ1v) is 7.29. The molecule has 126 valence electrons. The van der Waals surface area contributed by atoms with Crippen molar-refractivity contribution < 1.29 is 18.9 Å². The number of pyridine rings is 1. The molecule has 1 amide bonds. The quantitative estimate of drug-likeness (QED) is 0.544. The van der Waals surface area contributed by atoms with Gasteiger partial charge in [-0.15, -0.1) is 0 Å². The number of nitrogens with zero attached hydrogens (tertiary/aromatic N) is 2. The molecule has 2 aromatic heterocycles. The monoisotopic (exact) mass is 339 g/mol. The number of amides is 1. The molecule has 0 unspecified atom stereocenters. The van der Waals surface area contributed by atoms with Gasteiger partial charge in [0.05, 0.1) is 4.92 Å². The second-order valence-corrected chi connectivity index (χ2v) is 5.00. The molecule has 0 aliphatic carbocycles. The predicted octanol–water partition coefficient (Wildman–Crippen LogP) is 3.41. The summed E-state index contributed by atoms with van der Waals surface area (Å²) < 4.78 is 10.9. The predicted molar refractivity (Wildman–Crippen MR) is 88.3 cm³/mol. The molecule has 0 fully saturated rings. The molecule has 1 aromatic carbocycles. The lowest BCUT2D eigenvalue weighted by Crippen LogP contribution is -2.10. The lowest BCUT2D eigenvalue weighted by atomic mass is 10.3. The number of carbonyl (C=O) groups excluding carboxylic acids is 1. The van der Waals surface area contributed by atoms with Crippen LogP contribution in [0.4, 0.5) is 11.4 Å². The Bertz CT molecular complexity index is 875. The number of nitro groups is 1. The summed E-state index contributed by atoms with van der Waals surface area (Å²) in [5.74, 6) is 0.690. The van der Waals surface area contributed by atoms with Gasteiger partial charge in [-0.3, -0.25) is 19.9 Å². The summed E-state index contributed by atoms with van der Waals surface area (Å²) in [6, 6.07) is 12.2. The molecule has 2 heterocycles. The van der Waals surface area contributed by atoms with E-state index in [-0.39, 0.29) is 24.0 Å². The molecule has 8 heteroatoms. The zero-order chi connectivity index (χ0) is 17.6. The number of non-ortho nitro benzene ring substituents is 1. The van der Waals surface area contributed by atoms with Crippen LogP contribution >= 0.6 is 0 Å². The highest BCUT2D eigenvalue weighted by Gasteiger charge is 2.12. The van der Waals surface area contributed by atoms with Gasteiger partial charge in [-0.25, -0.2) is 0 Å². The van der Waals surface area contributed by atoms with E-state index in [1.165, 1.54) is 24.3 Å². The van der Waals surface area contributed by atoms with Gasteiger partial charge in [0, 0.05) is 30.2 Å². The van der Waals surface area contributed by atoms with E-state index < -0.39 is 4.92 Å².